The molecule has 144 valence electrons. The number of carbonyl (C=O) groups excluding carboxylic acids is 2. The Kier molecular flexibility index (Phi) is 6.13. The number of hydrogen-bond donors (Lipinski definition) is 1. The lowest BCUT2D eigenvalue weighted by molar-refractivity contribution is -0.141. The van der Waals surface area contributed by atoms with Crippen molar-refractivity contribution >= 4 is 11.9 Å². The van der Waals surface area contributed by atoms with Crippen LogP contribution in [0, 0.1) is 19.8 Å². The Labute approximate surface area is 154 Å². The number of nitrogens with one attached hydrogen (secondary N) is 1. The lowest BCUT2D eigenvalue weighted by atomic mass is 9.96. The number of imidazole rings is 1. The number of hydrogen-bond acceptors (Lipinski definition) is 4. The normalized spacial score (nSPS) is 20.9. The van der Waals surface area contributed by atoms with Crippen LogP contribution in [0.3, 0.4) is 0 Å². The van der Waals surface area contributed by atoms with Gasteiger partial charge in [0.1, 0.15) is 0 Å². The van der Waals surface area contributed by atoms with Crippen molar-refractivity contribution < 1.29 is 14.3 Å². The average molecular weight is 363 g/mol. The summed E-state index contributed by atoms with van der Waals surface area (Å²) in [6, 6.07) is -0.0843. The minimum atomic E-state index is -0.0915. The van der Waals surface area contributed by atoms with E-state index in [4.69, 9.17) is 4.74 Å². The fourth-order valence-electron chi connectivity index (χ4n) is 3.57. The molecule has 0 aromatic carbocycles. The molecule has 1 aromatic heterocycles. The molecule has 3 rings (SSSR count). The number of carbonyl (C=O) groups is 2. The minimum Gasteiger partial charge on any atom is -0.378 e. The predicted molar refractivity (Wildman–Crippen MR) is 96.8 cm³/mol. The molecule has 0 radical (unpaired) electrons. The van der Waals surface area contributed by atoms with Crippen LogP contribution in [0.2, 0.25) is 0 Å². The van der Waals surface area contributed by atoms with Gasteiger partial charge in [-0.05, 0) is 26.7 Å². The first-order valence-electron chi connectivity index (χ1n) is 9.44. The van der Waals surface area contributed by atoms with Gasteiger partial charge in [-0.25, -0.2) is 9.78 Å². The molecule has 8 nitrogen and oxygen atoms in total. The maximum Gasteiger partial charge on any atom is 0.317 e. The number of amides is 3. The smallest absolute Gasteiger partial charge is 0.317 e. The van der Waals surface area contributed by atoms with Crippen LogP contribution in [0.15, 0.2) is 6.33 Å². The summed E-state index contributed by atoms with van der Waals surface area (Å²) in [5.74, 6) is 0.0708. The van der Waals surface area contributed by atoms with Crippen LogP contribution in [-0.4, -0.2) is 77.2 Å². The fourth-order valence-corrected chi connectivity index (χ4v) is 3.57. The highest BCUT2D eigenvalue weighted by molar-refractivity contribution is 5.81. The van der Waals surface area contributed by atoms with Crippen molar-refractivity contribution in [3.8, 4) is 0 Å². The van der Waals surface area contributed by atoms with Crippen molar-refractivity contribution in [3.05, 3.63) is 17.7 Å². The van der Waals surface area contributed by atoms with Gasteiger partial charge in [0.05, 0.1) is 31.2 Å². The van der Waals surface area contributed by atoms with Crippen LogP contribution in [0.4, 0.5) is 4.79 Å². The minimum absolute atomic E-state index is 0.0843. The molecule has 2 aliphatic rings. The second-order valence-electron chi connectivity index (χ2n) is 7.06. The summed E-state index contributed by atoms with van der Waals surface area (Å²) in [6.07, 6.45) is 3.52. The summed E-state index contributed by atoms with van der Waals surface area (Å²) in [6.45, 7) is 8.99. The van der Waals surface area contributed by atoms with Gasteiger partial charge >= 0.3 is 6.03 Å². The van der Waals surface area contributed by atoms with Gasteiger partial charge in [0.25, 0.3) is 0 Å². The van der Waals surface area contributed by atoms with Crippen molar-refractivity contribution in [1.29, 1.82) is 0 Å². The van der Waals surface area contributed by atoms with Crippen molar-refractivity contribution in [2.75, 3.05) is 45.9 Å². The quantitative estimate of drug-likeness (QED) is 0.857. The molecule has 0 saturated carbocycles. The summed E-state index contributed by atoms with van der Waals surface area (Å²) in [5, 5.41) is 2.97. The van der Waals surface area contributed by atoms with E-state index < -0.39 is 0 Å². The molecular formula is C18H29N5O3. The second kappa shape index (κ2) is 8.53. The van der Waals surface area contributed by atoms with Gasteiger partial charge in [-0.2, -0.15) is 0 Å². The molecule has 0 spiro atoms. The van der Waals surface area contributed by atoms with Gasteiger partial charge in [-0.1, -0.05) is 0 Å². The van der Waals surface area contributed by atoms with Gasteiger partial charge in [0.2, 0.25) is 5.91 Å². The maximum absolute atomic E-state index is 12.7. The molecule has 3 amide bonds. The highest BCUT2D eigenvalue weighted by Crippen LogP contribution is 2.19. The van der Waals surface area contributed by atoms with Gasteiger partial charge in [-0.3, -0.25) is 4.79 Å². The first kappa shape index (κ1) is 18.7. The van der Waals surface area contributed by atoms with E-state index in [0.717, 1.165) is 24.2 Å². The molecule has 26 heavy (non-hydrogen) atoms. The number of urea groups is 1. The van der Waals surface area contributed by atoms with E-state index in [1.807, 2.05) is 23.3 Å². The number of aromatic nitrogens is 2. The lowest BCUT2D eigenvalue weighted by Gasteiger charge is -2.36. The molecule has 0 aliphatic carbocycles. The van der Waals surface area contributed by atoms with Crippen LogP contribution in [0.5, 0.6) is 0 Å². The molecule has 0 bridgehead atoms. The van der Waals surface area contributed by atoms with E-state index in [9.17, 15) is 9.59 Å². The zero-order valence-corrected chi connectivity index (χ0v) is 15.7. The lowest BCUT2D eigenvalue weighted by Crippen LogP contribution is -2.51. The maximum atomic E-state index is 12.7. The molecule has 1 N–H and O–H groups in total. The van der Waals surface area contributed by atoms with Crippen LogP contribution < -0.4 is 5.32 Å². The Morgan fingerprint density at radius 3 is 2.69 bits per heavy atom. The third kappa shape index (κ3) is 4.35. The number of rotatable bonds is 4. The first-order valence-corrected chi connectivity index (χ1v) is 9.44. The Hall–Kier alpha value is -2.09. The highest BCUT2D eigenvalue weighted by atomic mass is 16.5. The monoisotopic (exact) mass is 363 g/mol. The third-order valence-electron chi connectivity index (χ3n) is 5.35. The first-order chi connectivity index (χ1) is 12.6. The number of piperidine rings is 1. The van der Waals surface area contributed by atoms with E-state index in [0.29, 0.717) is 52.5 Å². The number of nitrogens with zero attached hydrogens (tertiary/aromatic N) is 4. The van der Waals surface area contributed by atoms with Gasteiger partial charge in [0.15, 0.2) is 0 Å². The number of ether oxygens (including phenoxy) is 1. The molecular weight excluding hydrogens is 334 g/mol. The summed E-state index contributed by atoms with van der Waals surface area (Å²) in [7, 11) is 0. The number of aryl methyl sites for hydroxylation is 1. The number of morpholine rings is 1. The van der Waals surface area contributed by atoms with E-state index in [-0.39, 0.29) is 17.9 Å². The van der Waals surface area contributed by atoms with E-state index >= 15 is 0 Å². The van der Waals surface area contributed by atoms with Crippen LogP contribution >= 0.6 is 0 Å². The van der Waals surface area contributed by atoms with E-state index in [1.165, 1.54) is 0 Å². The average Bonchev–Trinajstić information content (AvgIpc) is 3.00. The number of likely N-dealkylation sites (tertiary alicyclic amines) is 1. The fraction of sp³-hybridized carbons (Fsp3) is 0.722. The predicted octanol–water partition coefficient (Wildman–Crippen LogP) is 0.780. The SMILES string of the molecule is Cc1ncn(CCNC(=O)N2CCCC(C(=O)N3CCOCC3)C2)c1C. The molecule has 1 aromatic rings. The van der Waals surface area contributed by atoms with Crippen LogP contribution in [0.25, 0.3) is 0 Å². The summed E-state index contributed by atoms with van der Waals surface area (Å²) in [5.41, 5.74) is 2.13. The standard InChI is InChI=1S/C18H29N5O3/c1-14-15(2)23(13-20-14)7-5-19-18(25)22-6-3-4-16(12-22)17(24)21-8-10-26-11-9-21/h13,16H,3-12H2,1-2H3,(H,19,25). The Morgan fingerprint density at radius 2 is 2.00 bits per heavy atom. The molecule has 2 saturated heterocycles. The molecule has 1 atom stereocenters. The molecule has 2 fully saturated rings. The largest absolute Gasteiger partial charge is 0.378 e. The van der Waals surface area contributed by atoms with E-state index in [1.54, 1.807) is 11.2 Å². The Bertz CT molecular complexity index is 639. The van der Waals surface area contributed by atoms with Crippen molar-refractivity contribution in [1.82, 2.24) is 24.7 Å². The molecule has 8 heteroatoms. The molecule has 2 aliphatic heterocycles. The summed E-state index contributed by atoms with van der Waals surface area (Å²) >= 11 is 0. The Morgan fingerprint density at radius 1 is 1.23 bits per heavy atom. The zero-order valence-electron chi connectivity index (χ0n) is 15.7. The molecule has 1 unspecified atom stereocenters. The topological polar surface area (TPSA) is 79.7 Å². The summed E-state index contributed by atoms with van der Waals surface area (Å²) in [4.78, 5) is 33.0. The highest BCUT2D eigenvalue weighted by Gasteiger charge is 2.31. The summed E-state index contributed by atoms with van der Waals surface area (Å²) < 4.78 is 7.35. The van der Waals surface area contributed by atoms with Crippen molar-refractivity contribution in [2.45, 2.75) is 33.2 Å². The van der Waals surface area contributed by atoms with Crippen LogP contribution in [-0.2, 0) is 16.1 Å². The Balaban J connectivity index is 1.46. The zero-order chi connectivity index (χ0) is 18.5. The van der Waals surface area contributed by atoms with Gasteiger partial charge in [0, 0.05) is 45.0 Å². The van der Waals surface area contributed by atoms with Gasteiger partial charge < -0.3 is 24.4 Å². The van der Waals surface area contributed by atoms with Crippen molar-refractivity contribution in [3.63, 3.8) is 0 Å². The van der Waals surface area contributed by atoms with Crippen molar-refractivity contribution in [2.24, 2.45) is 5.92 Å². The second-order valence-corrected chi connectivity index (χ2v) is 7.06. The molecule has 3 heterocycles. The van der Waals surface area contributed by atoms with Gasteiger partial charge in [-0.15, -0.1) is 0 Å². The third-order valence-corrected chi connectivity index (χ3v) is 5.35. The van der Waals surface area contributed by atoms with Crippen LogP contribution in [0.1, 0.15) is 24.2 Å². The van der Waals surface area contributed by atoms with E-state index in [2.05, 4.69) is 10.3 Å².